The van der Waals surface area contributed by atoms with E-state index in [9.17, 15) is 0 Å². The molecule has 0 unspecified atom stereocenters. The molecule has 0 saturated carbocycles. The number of thiocarbonyl (C=S) groups is 1. The van der Waals surface area contributed by atoms with Gasteiger partial charge in [-0.2, -0.15) is 9.97 Å². The Bertz CT molecular complexity index is 843. The molecule has 0 bridgehead atoms. The molecule has 160 valence electrons. The first kappa shape index (κ1) is 20.8. The fourth-order valence-corrected chi connectivity index (χ4v) is 4.08. The number of rotatable bonds is 5. The summed E-state index contributed by atoms with van der Waals surface area (Å²) in [5.74, 6) is 3.10. The SMILES string of the molecule is C[C@@H]1CCCN(c2cc(N3CCOCC3)nc(NC(=S)NCc3ccccc3)n2)C1. The van der Waals surface area contributed by atoms with Crippen molar-refractivity contribution in [2.75, 3.05) is 54.5 Å². The average Bonchev–Trinajstić information content (AvgIpc) is 2.79. The number of nitrogens with zero attached hydrogens (tertiary/aromatic N) is 4. The maximum Gasteiger partial charge on any atom is 0.232 e. The van der Waals surface area contributed by atoms with Gasteiger partial charge in [-0.15, -0.1) is 0 Å². The molecule has 3 heterocycles. The molecule has 0 radical (unpaired) electrons. The van der Waals surface area contributed by atoms with Gasteiger partial charge < -0.3 is 25.2 Å². The summed E-state index contributed by atoms with van der Waals surface area (Å²) >= 11 is 5.50. The first-order valence-corrected chi connectivity index (χ1v) is 11.1. The Labute approximate surface area is 183 Å². The van der Waals surface area contributed by atoms with Crippen LogP contribution in [0, 0.1) is 5.92 Å². The molecule has 2 saturated heterocycles. The number of morpholine rings is 1. The topological polar surface area (TPSA) is 65.6 Å². The van der Waals surface area contributed by atoms with Crippen molar-refractivity contribution in [3.63, 3.8) is 0 Å². The smallest absolute Gasteiger partial charge is 0.232 e. The van der Waals surface area contributed by atoms with Crippen LogP contribution in [-0.4, -0.2) is 54.5 Å². The zero-order valence-electron chi connectivity index (χ0n) is 17.5. The first-order chi connectivity index (χ1) is 14.7. The van der Waals surface area contributed by atoms with Crippen LogP contribution in [0.3, 0.4) is 0 Å². The average molecular weight is 427 g/mol. The van der Waals surface area contributed by atoms with E-state index in [0.717, 1.165) is 51.0 Å². The fourth-order valence-electron chi connectivity index (χ4n) is 3.92. The summed E-state index contributed by atoms with van der Waals surface area (Å²) in [4.78, 5) is 14.2. The summed E-state index contributed by atoms with van der Waals surface area (Å²) in [7, 11) is 0. The van der Waals surface area contributed by atoms with E-state index in [2.05, 4.69) is 45.6 Å². The van der Waals surface area contributed by atoms with E-state index in [1.807, 2.05) is 18.2 Å². The van der Waals surface area contributed by atoms with Gasteiger partial charge in [0.25, 0.3) is 0 Å². The molecular formula is C22H30N6OS. The van der Waals surface area contributed by atoms with Crippen LogP contribution in [0.4, 0.5) is 17.6 Å². The monoisotopic (exact) mass is 426 g/mol. The van der Waals surface area contributed by atoms with Gasteiger partial charge in [0, 0.05) is 38.8 Å². The maximum atomic E-state index is 5.51. The van der Waals surface area contributed by atoms with Gasteiger partial charge in [0.1, 0.15) is 11.6 Å². The summed E-state index contributed by atoms with van der Waals surface area (Å²) in [5, 5.41) is 6.97. The summed E-state index contributed by atoms with van der Waals surface area (Å²) in [5.41, 5.74) is 1.17. The third-order valence-electron chi connectivity index (χ3n) is 5.54. The lowest BCUT2D eigenvalue weighted by Gasteiger charge is -2.33. The highest BCUT2D eigenvalue weighted by atomic mass is 32.1. The highest BCUT2D eigenvalue weighted by Crippen LogP contribution is 2.26. The lowest BCUT2D eigenvalue weighted by molar-refractivity contribution is 0.122. The number of piperidine rings is 1. The Morgan fingerprint density at radius 3 is 2.57 bits per heavy atom. The van der Waals surface area contributed by atoms with Crippen LogP contribution in [-0.2, 0) is 11.3 Å². The van der Waals surface area contributed by atoms with E-state index < -0.39 is 0 Å². The Hall–Kier alpha value is -2.45. The summed E-state index contributed by atoms with van der Waals surface area (Å²) in [6.07, 6.45) is 2.47. The van der Waals surface area contributed by atoms with Gasteiger partial charge in [0.15, 0.2) is 5.11 Å². The van der Waals surface area contributed by atoms with Crippen molar-refractivity contribution in [2.45, 2.75) is 26.3 Å². The number of nitrogens with one attached hydrogen (secondary N) is 2. The van der Waals surface area contributed by atoms with Crippen molar-refractivity contribution in [1.29, 1.82) is 0 Å². The normalized spacial score (nSPS) is 19.4. The van der Waals surface area contributed by atoms with Crippen LogP contribution in [0.1, 0.15) is 25.3 Å². The van der Waals surface area contributed by atoms with Crippen LogP contribution >= 0.6 is 12.2 Å². The van der Waals surface area contributed by atoms with Gasteiger partial charge in [-0.3, -0.25) is 0 Å². The molecule has 0 spiro atoms. The van der Waals surface area contributed by atoms with Crippen molar-refractivity contribution in [3.8, 4) is 0 Å². The van der Waals surface area contributed by atoms with Crippen molar-refractivity contribution in [3.05, 3.63) is 42.0 Å². The molecule has 30 heavy (non-hydrogen) atoms. The predicted octanol–water partition coefficient (Wildman–Crippen LogP) is 3.04. The van der Waals surface area contributed by atoms with Gasteiger partial charge in [-0.05, 0) is 36.5 Å². The van der Waals surface area contributed by atoms with Crippen LogP contribution in [0.25, 0.3) is 0 Å². The second kappa shape index (κ2) is 10.0. The Morgan fingerprint density at radius 1 is 1.10 bits per heavy atom. The summed E-state index contributed by atoms with van der Waals surface area (Å²) in [6.45, 7) is 8.13. The van der Waals surface area contributed by atoms with Gasteiger partial charge >= 0.3 is 0 Å². The lowest BCUT2D eigenvalue weighted by atomic mass is 10.0. The third-order valence-corrected chi connectivity index (χ3v) is 5.78. The molecule has 2 fully saturated rings. The number of hydrogen-bond donors (Lipinski definition) is 2. The van der Waals surface area contributed by atoms with E-state index >= 15 is 0 Å². The van der Waals surface area contributed by atoms with E-state index in [1.165, 1.54) is 18.4 Å². The minimum atomic E-state index is 0.524. The third kappa shape index (κ3) is 5.58. The number of ether oxygens (including phenoxy) is 1. The number of hydrogen-bond acceptors (Lipinski definition) is 6. The second-order valence-electron chi connectivity index (χ2n) is 7.99. The van der Waals surface area contributed by atoms with Crippen LogP contribution < -0.4 is 20.4 Å². The molecule has 2 aliphatic rings. The Kier molecular flexibility index (Phi) is 6.96. The molecule has 8 heteroatoms. The van der Waals surface area contributed by atoms with Gasteiger partial charge in [-0.1, -0.05) is 37.3 Å². The molecule has 0 aliphatic carbocycles. The molecule has 1 atom stereocenters. The zero-order valence-corrected chi connectivity index (χ0v) is 18.3. The van der Waals surface area contributed by atoms with Crippen molar-refractivity contribution >= 4 is 34.9 Å². The molecule has 2 aliphatic heterocycles. The minimum absolute atomic E-state index is 0.524. The molecule has 1 aromatic heterocycles. The minimum Gasteiger partial charge on any atom is -0.378 e. The molecule has 2 aromatic rings. The van der Waals surface area contributed by atoms with E-state index in [-0.39, 0.29) is 0 Å². The standard InChI is InChI=1S/C22H30N6OS/c1-17-6-5-9-28(16-17)20-14-19(27-10-12-29-13-11-27)24-21(25-20)26-22(30)23-15-18-7-3-2-4-8-18/h2-4,7-8,14,17H,5-6,9-13,15-16H2,1H3,(H2,23,24,25,26,30)/t17-/m1/s1. The Morgan fingerprint density at radius 2 is 1.83 bits per heavy atom. The quantitative estimate of drug-likeness (QED) is 0.708. The van der Waals surface area contributed by atoms with Crippen LogP contribution in [0.15, 0.2) is 36.4 Å². The molecule has 1 aromatic carbocycles. The molecule has 7 nitrogen and oxygen atoms in total. The summed E-state index contributed by atoms with van der Waals surface area (Å²) < 4.78 is 5.51. The van der Waals surface area contributed by atoms with Crippen LogP contribution in [0.5, 0.6) is 0 Å². The number of aromatic nitrogens is 2. The van der Waals surface area contributed by atoms with E-state index in [1.54, 1.807) is 0 Å². The van der Waals surface area contributed by atoms with Gasteiger partial charge in [-0.25, -0.2) is 0 Å². The van der Waals surface area contributed by atoms with Crippen molar-refractivity contribution in [1.82, 2.24) is 15.3 Å². The van der Waals surface area contributed by atoms with Gasteiger partial charge in [0.2, 0.25) is 5.95 Å². The highest BCUT2D eigenvalue weighted by Gasteiger charge is 2.21. The fraction of sp³-hybridized carbons (Fsp3) is 0.500. The molecule has 0 amide bonds. The number of benzene rings is 1. The second-order valence-corrected chi connectivity index (χ2v) is 8.40. The van der Waals surface area contributed by atoms with Crippen molar-refractivity contribution in [2.24, 2.45) is 5.92 Å². The van der Waals surface area contributed by atoms with Crippen LogP contribution in [0.2, 0.25) is 0 Å². The van der Waals surface area contributed by atoms with E-state index in [4.69, 9.17) is 26.9 Å². The van der Waals surface area contributed by atoms with E-state index in [0.29, 0.717) is 23.5 Å². The van der Waals surface area contributed by atoms with Crippen molar-refractivity contribution < 1.29 is 4.74 Å². The number of anilines is 3. The summed E-state index contributed by atoms with van der Waals surface area (Å²) in [6, 6.07) is 12.3. The highest BCUT2D eigenvalue weighted by molar-refractivity contribution is 7.80. The van der Waals surface area contributed by atoms with Gasteiger partial charge in [0.05, 0.1) is 13.2 Å². The lowest BCUT2D eigenvalue weighted by Crippen LogP contribution is -2.38. The Balaban J connectivity index is 1.50. The zero-order chi connectivity index (χ0) is 20.8. The molecule has 2 N–H and O–H groups in total. The maximum absolute atomic E-state index is 5.51. The first-order valence-electron chi connectivity index (χ1n) is 10.7. The predicted molar refractivity (Wildman–Crippen MR) is 125 cm³/mol. The molecular weight excluding hydrogens is 396 g/mol. The molecule has 4 rings (SSSR count). The largest absolute Gasteiger partial charge is 0.378 e.